The molecule has 2 N–H and O–H groups in total. The summed E-state index contributed by atoms with van der Waals surface area (Å²) in [7, 11) is 0. The maximum absolute atomic E-state index is 13.5. The Morgan fingerprint density at radius 1 is 1.42 bits per heavy atom. The summed E-state index contributed by atoms with van der Waals surface area (Å²) in [6.07, 6.45) is -1.11. The van der Waals surface area contributed by atoms with E-state index in [1.165, 1.54) is 0 Å². The van der Waals surface area contributed by atoms with Crippen LogP contribution in [0.15, 0.2) is 30.3 Å². The SMILES string of the molecule is NC[C@H]1N(C(=O)OCc2ccccc2)CCC1(F)F. The van der Waals surface area contributed by atoms with Gasteiger partial charge in [0.05, 0.1) is 0 Å². The molecule has 1 fully saturated rings. The van der Waals surface area contributed by atoms with E-state index in [0.717, 1.165) is 10.5 Å². The van der Waals surface area contributed by atoms with E-state index >= 15 is 0 Å². The van der Waals surface area contributed by atoms with Gasteiger partial charge in [0.15, 0.2) is 0 Å². The normalized spacial score (nSPS) is 21.4. The molecule has 0 saturated carbocycles. The summed E-state index contributed by atoms with van der Waals surface area (Å²) < 4.78 is 31.9. The van der Waals surface area contributed by atoms with Gasteiger partial charge < -0.3 is 10.5 Å². The van der Waals surface area contributed by atoms with Crippen LogP contribution in [0.3, 0.4) is 0 Å². The average molecular weight is 270 g/mol. The lowest BCUT2D eigenvalue weighted by Crippen LogP contribution is -2.47. The molecular weight excluding hydrogens is 254 g/mol. The summed E-state index contributed by atoms with van der Waals surface area (Å²) in [5.41, 5.74) is 6.13. The van der Waals surface area contributed by atoms with Crippen molar-refractivity contribution >= 4 is 6.09 Å². The third kappa shape index (κ3) is 3.01. The highest BCUT2D eigenvalue weighted by molar-refractivity contribution is 5.68. The van der Waals surface area contributed by atoms with Crippen molar-refractivity contribution < 1.29 is 18.3 Å². The van der Waals surface area contributed by atoms with Crippen LogP contribution < -0.4 is 5.73 Å². The first-order valence-corrected chi connectivity index (χ1v) is 6.10. The Kier molecular flexibility index (Phi) is 3.99. The van der Waals surface area contributed by atoms with E-state index < -0.39 is 18.1 Å². The van der Waals surface area contributed by atoms with Crippen molar-refractivity contribution in [2.75, 3.05) is 13.1 Å². The van der Waals surface area contributed by atoms with Gasteiger partial charge >= 0.3 is 6.09 Å². The molecule has 0 aromatic heterocycles. The Hall–Kier alpha value is -1.69. The molecule has 2 rings (SSSR count). The second-order valence-electron chi connectivity index (χ2n) is 4.50. The lowest BCUT2D eigenvalue weighted by molar-refractivity contribution is -0.0293. The van der Waals surface area contributed by atoms with E-state index in [-0.39, 0.29) is 26.1 Å². The van der Waals surface area contributed by atoms with E-state index in [0.29, 0.717) is 0 Å². The Bertz CT molecular complexity index is 440. The number of alkyl halides is 2. The number of ether oxygens (including phenoxy) is 1. The highest BCUT2D eigenvalue weighted by Gasteiger charge is 2.50. The van der Waals surface area contributed by atoms with Gasteiger partial charge in [-0.15, -0.1) is 0 Å². The van der Waals surface area contributed by atoms with Crippen molar-refractivity contribution in [1.82, 2.24) is 4.90 Å². The van der Waals surface area contributed by atoms with Crippen LogP contribution in [0, 0.1) is 0 Å². The van der Waals surface area contributed by atoms with Crippen molar-refractivity contribution in [3.8, 4) is 0 Å². The molecular formula is C13H16F2N2O2. The molecule has 0 radical (unpaired) electrons. The summed E-state index contributed by atoms with van der Waals surface area (Å²) in [6, 6.07) is 7.80. The van der Waals surface area contributed by atoms with E-state index in [9.17, 15) is 13.6 Å². The van der Waals surface area contributed by atoms with Gasteiger partial charge in [-0.05, 0) is 5.56 Å². The van der Waals surface area contributed by atoms with Crippen LogP contribution in [0.1, 0.15) is 12.0 Å². The number of likely N-dealkylation sites (tertiary alicyclic amines) is 1. The topological polar surface area (TPSA) is 55.6 Å². The third-order valence-corrected chi connectivity index (χ3v) is 3.21. The molecule has 1 heterocycles. The molecule has 1 aromatic carbocycles. The second-order valence-corrected chi connectivity index (χ2v) is 4.50. The van der Waals surface area contributed by atoms with Crippen molar-refractivity contribution in [3.63, 3.8) is 0 Å². The minimum Gasteiger partial charge on any atom is -0.445 e. The fourth-order valence-corrected chi connectivity index (χ4v) is 2.14. The number of benzene rings is 1. The van der Waals surface area contributed by atoms with Crippen LogP contribution in [0.2, 0.25) is 0 Å². The van der Waals surface area contributed by atoms with Gasteiger partial charge in [-0.25, -0.2) is 13.6 Å². The lowest BCUT2D eigenvalue weighted by atomic mass is 10.1. The number of hydrogen-bond donors (Lipinski definition) is 1. The standard InChI is InChI=1S/C13H16F2N2O2/c14-13(15)6-7-17(11(13)8-16)12(18)19-9-10-4-2-1-3-5-10/h1-5,11H,6-9,16H2/t11-/m1/s1. The van der Waals surface area contributed by atoms with Crippen molar-refractivity contribution in [2.24, 2.45) is 5.73 Å². The van der Waals surface area contributed by atoms with Crippen LogP contribution in [0.4, 0.5) is 13.6 Å². The Morgan fingerprint density at radius 3 is 2.74 bits per heavy atom. The minimum atomic E-state index is -2.93. The maximum Gasteiger partial charge on any atom is 0.410 e. The van der Waals surface area contributed by atoms with Crippen LogP contribution in [0.5, 0.6) is 0 Å². The summed E-state index contributed by atoms with van der Waals surface area (Å²) in [6.45, 7) is -0.227. The van der Waals surface area contributed by atoms with Crippen LogP contribution >= 0.6 is 0 Å². The number of nitrogens with zero attached hydrogens (tertiary/aromatic N) is 1. The average Bonchev–Trinajstić information content (AvgIpc) is 2.72. The Balaban J connectivity index is 1.94. The molecule has 1 aliphatic heterocycles. The molecule has 1 saturated heterocycles. The maximum atomic E-state index is 13.5. The Morgan fingerprint density at radius 2 is 2.11 bits per heavy atom. The van der Waals surface area contributed by atoms with Crippen LogP contribution in [-0.2, 0) is 11.3 Å². The van der Waals surface area contributed by atoms with Gasteiger partial charge in [0, 0.05) is 19.5 Å². The highest BCUT2D eigenvalue weighted by Crippen LogP contribution is 2.33. The summed E-state index contributed by atoms with van der Waals surface area (Å²) in [5, 5.41) is 0. The largest absolute Gasteiger partial charge is 0.445 e. The molecule has 0 spiro atoms. The summed E-state index contributed by atoms with van der Waals surface area (Å²) >= 11 is 0. The quantitative estimate of drug-likeness (QED) is 0.913. The first-order chi connectivity index (χ1) is 9.04. The van der Waals surface area contributed by atoms with Crippen LogP contribution in [-0.4, -0.2) is 36.0 Å². The van der Waals surface area contributed by atoms with E-state index in [1.54, 1.807) is 12.1 Å². The summed E-state index contributed by atoms with van der Waals surface area (Å²) in [4.78, 5) is 12.8. The number of amides is 1. The van der Waals surface area contributed by atoms with E-state index in [4.69, 9.17) is 10.5 Å². The zero-order valence-electron chi connectivity index (χ0n) is 10.4. The van der Waals surface area contributed by atoms with Crippen LogP contribution in [0.25, 0.3) is 0 Å². The number of halogens is 2. The van der Waals surface area contributed by atoms with E-state index in [1.807, 2.05) is 18.2 Å². The predicted octanol–water partition coefficient (Wildman–Crippen LogP) is 1.99. The fraction of sp³-hybridized carbons (Fsp3) is 0.462. The zero-order chi connectivity index (χ0) is 13.9. The molecule has 1 aromatic rings. The van der Waals surface area contributed by atoms with Crippen molar-refractivity contribution in [2.45, 2.75) is 25.0 Å². The number of hydrogen-bond acceptors (Lipinski definition) is 3. The van der Waals surface area contributed by atoms with Gasteiger partial charge in [0.1, 0.15) is 12.6 Å². The molecule has 1 amide bonds. The monoisotopic (exact) mass is 270 g/mol. The minimum absolute atomic E-state index is 0.0253. The fourth-order valence-electron chi connectivity index (χ4n) is 2.14. The molecule has 0 bridgehead atoms. The molecule has 6 heteroatoms. The summed E-state index contributed by atoms with van der Waals surface area (Å²) in [5.74, 6) is -2.93. The molecule has 0 unspecified atom stereocenters. The molecule has 1 aliphatic rings. The highest BCUT2D eigenvalue weighted by atomic mass is 19.3. The number of nitrogens with two attached hydrogens (primary N) is 1. The first kappa shape index (κ1) is 13.7. The molecule has 4 nitrogen and oxygen atoms in total. The molecule has 104 valence electrons. The predicted molar refractivity (Wildman–Crippen MR) is 65.7 cm³/mol. The van der Waals surface area contributed by atoms with Gasteiger partial charge in [-0.2, -0.15) is 0 Å². The van der Waals surface area contributed by atoms with Gasteiger partial charge in [-0.1, -0.05) is 30.3 Å². The molecule has 19 heavy (non-hydrogen) atoms. The molecule has 0 aliphatic carbocycles. The lowest BCUT2D eigenvalue weighted by Gasteiger charge is -2.25. The smallest absolute Gasteiger partial charge is 0.410 e. The van der Waals surface area contributed by atoms with Gasteiger partial charge in [0.2, 0.25) is 0 Å². The Labute approximate surface area is 110 Å². The van der Waals surface area contributed by atoms with Gasteiger partial charge in [0.25, 0.3) is 5.92 Å². The number of carbonyl (C=O) groups is 1. The zero-order valence-corrected chi connectivity index (χ0v) is 10.4. The number of carbonyl (C=O) groups excluding carboxylic acids is 1. The third-order valence-electron chi connectivity index (χ3n) is 3.21. The number of rotatable bonds is 3. The second kappa shape index (κ2) is 5.52. The molecule has 1 atom stereocenters. The van der Waals surface area contributed by atoms with Crippen molar-refractivity contribution in [3.05, 3.63) is 35.9 Å². The van der Waals surface area contributed by atoms with E-state index in [2.05, 4.69) is 0 Å². The van der Waals surface area contributed by atoms with Gasteiger partial charge in [-0.3, -0.25) is 4.90 Å². The first-order valence-electron chi connectivity index (χ1n) is 6.10. The van der Waals surface area contributed by atoms with Crippen molar-refractivity contribution in [1.29, 1.82) is 0 Å².